The van der Waals surface area contributed by atoms with Crippen LogP contribution in [0, 0.1) is 10.1 Å². The zero-order valence-corrected chi connectivity index (χ0v) is 16.1. The number of rotatable bonds is 8. The van der Waals surface area contributed by atoms with Crippen molar-refractivity contribution in [2.24, 2.45) is 5.10 Å². The Hall–Kier alpha value is -3.46. The fourth-order valence-electron chi connectivity index (χ4n) is 2.49. The second-order valence-electron chi connectivity index (χ2n) is 5.53. The van der Waals surface area contributed by atoms with E-state index < -0.39 is 4.92 Å². The highest BCUT2D eigenvalue weighted by molar-refractivity contribution is 7.14. The molecule has 0 unspecified atom stereocenters. The molecule has 1 heterocycles. The highest BCUT2D eigenvalue weighted by atomic mass is 32.1. The van der Waals surface area contributed by atoms with E-state index in [-0.39, 0.29) is 5.69 Å². The van der Waals surface area contributed by atoms with Crippen LogP contribution in [0.3, 0.4) is 0 Å². The molecule has 28 heavy (non-hydrogen) atoms. The zero-order valence-electron chi connectivity index (χ0n) is 15.3. The lowest BCUT2D eigenvalue weighted by molar-refractivity contribution is -0.384. The van der Waals surface area contributed by atoms with Crippen LogP contribution in [0.2, 0.25) is 0 Å². The maximum Gasteiger partial charge on any atom is 0.270 e. The second-order valence-corrected chi connectivity index (χ2v) is 6.39. The maximum absolute atomic E-state index is 10.9. The van der Waals surface area contributed by atoms with E-state index in [1.54, 1.807) is 25.5 Å². The molecule has 2 aromatic carbocycles. The number of aromatic nitrogens is 1. The van der Waals surface area contributed by atoms with Crippen LogP contribution in [0.5, 0.6) is 11.5 Å². The third kappa shape index (κ3) is 4.44. The number of ether oxygens (including phenoxy) is 2. The number of nitro groups is 1. The van der Waals surface area contributed by atoms with E-state index in [1.165, 1.54) is 23.5 Å². The summed E-state index contributed by atoms with van der Waals surface area (Å²) < 4.78 is 11.0. The predicted octanol–water partition coefficient (Wildman–Crippen LogP) is 4.57. The molecule has 0 aliphatic rings. The van der Waals surface area contributed by atoms with Gasteiger partial charge in [0.15, 0.2) is 11.5 Å². The van der Waals surface area contributed by atoms with Crippen molar-refractivity contribution in [3.05, 3.63) is 63.5 Å². The normalized spacial score (nSPS) is 10.8. The lowest BCUT2D eigenvalue weighted by Gasteiger charge is -2.11. The summed E-state index contributed by atoms with van der Waals surface area (Å²) in [7, 11) is 1.59. The average Bonchev–Trinajstić information content (AvgIpc) is 3.18. The number of methoxy groups -OCH3 is 1. The summed E-state index contributed by atoms with van der Waals surface area (Å²) in [5, 5.41) is 17.5. The highest BCUT2D eigenvalue weighted by Gasteiger charge is 2.10. The summed E-state index contributed by atoms with van der Waals surface area (Å²) in [6.45, 7) is 2.41. The first kappa shape index (κ1) is 19.3. The summed E-state index contributed by atoms with van der Waals surface area (Å²) in [6, 6.07) is 11.9. The molecular weight excluding hydrogens is 380 g/mol. The van der Waals surface area contributed by atoms with Gasteiger partial charge in [-0.05, 0) is 19.1 Å². The van der Waals surface area contributed by atoms with Crippen molar-refractivity contribution < 1.29 is 14.4 Å². The Labute approximate surface area is 165 Å². The van der Waals surface area contributed by atoms with Crippen LogP contribution in [0.15, 0.2) is 52.9 Å². The number of hydrogen-bond acceptors (Lipinski definition) is 8. The van der Waals surface area contributed by atoms with Gasteiger partial charge in [0.1, 0.15) is 0 Å². The molecule has 1 aromatic heterocycles. The van der Waals surface area contributed by atoms with Crippen molar-refractivity contribution in [1.82, 2.24) is 4.98 Å². The lowest BCUT2D eigenvalue weighted by atomic mass is 10.1. The van der Waals surface area contributed by atoms with Crippen LogP contribution in [-0.2, 0) is 0 Å². The summed E-state index contributed by atoms with van der Waals surface area (Å²) in [6.07, 6.45) is 1.63. The third-order valence-electron chi connectivity index (χ3n) is 3.74. The van der Waals surface area contributed by atoms with Gasteiger partial charge in [-0.25, -0.2) is 4.98 Å². The van der Waals surface area contributed by atoms with E-state index in [2.05, 4.69) is 15.5 Å². The Morgan fingerprint density at radius 1 is 1.32 bits per heavy atom. The Bertz CT molecular complexity index is 1000. The number of hydrazone groups is 1. The van der Waals surface area contributed by atoms with Gasteiger partial charge in [0.05, 0.1) is 30.5 Å². The molecule has 0 atom stereocenters. The number of non-ortho nitro benzene ring substituents is 1. The third-order valence-corrected chi connectivity index (χ3v) is 4.49. The Morgan fingerprint density at radius 3 is 2.89 bits per heavy atom. The van der Waals surface area contributed by atoms with Gasteiger partial charge in [0, 0.05) is 28.6 Å². The lowest BCUT2D eigenvalue weighted by Crippen LogP contribution is -2.00. The van der Waals surface area contributed by atoms with E-state index in [0.717, 1.165) is 5.56 Å². The van der Waals surface area contributed by atoms with Crippen molar-refractivity contribution in [3.8, 4) is 22.8 Å². The zero-order chi connectivity index (χ0) is 19.9. The first-order valence-corrected chi connectivity index (χ1v) is 9.29. The number of hydrogen-bond donors (Lipinski definition) is 1. The topological polar surface area (TPSA) is 98.9 Å². The van der Waals surface area contributed by atoms with Crippen molar-refractivity contribution in [2.45, 2.75) is 6.92 Å². The van der Waals surface area contributed by atoms with Crippen LogP contribution >= 0.6 is 11.3 Å². The maximum atomic E-state index is 10.9. The van der Waals surface area contributed by atoms with Crippen molar-refractivity contribution in [3.63, 3.8) is 0 Å². The van der Waals surface area contributed by atoms with Crippen LogP contribution in [0.25, 0.3) is 11.3 Å². The summed E-state index contributed by atoms with van der Waals surface area (Å²) >= 11 is 1.35. The molecule has 0 aliphatic heterocycles. The quantitative estimate of drug-likeness (QED) is 0.339. The fourth-order valence-corrected chi connectivity index (χ4v) is 3.16. The predicted molar refractivity (Wildman–Crippen MR) is 110 cm³/mol. The second kappa shape index (κ2) is 8.96. The van der Waals surface area contributed by atoms with E-state index in [1.807, 2.05) is 30.5 Å². The van der Waals surface area contributed by atoms with Gasteiger partial charge < -0.3 is 9.47 Å². The minimum absolute atomic E-state index is 0.0273. The monoisotopic (exact) mass is 398 g/mol. The molecule has 3 rings (SSSR count). The minimum atomic E-state index is -0.427. The standard InChI is InChI=1S/C19H18N4O4S/c1-3-27-18-14(7-5-9-17(18)26-2)11-20-22-19-21-16(12-28-19)13-6-4-8-15(10-13)23(24)25/h4-12H,3H2,1-2H3,(H,21,22)/b20-11+. The molecule has 8 nitrogen and oxygen atoms in total. The van der Waals surface area contributed by atoms with E-state index in [9.17, 15) is 10.1 Å². The minimum Gasteiger partial charge on any atom is -0.493 e. The van der Waals surface area contributed by atoms with Crippen LogP contribution < -0.4 is 14.9 Å². The molecule has 1 N–H and O–H groups in total. The van der Waals surface area contributed by atoms with Gasteiger partial charge in [-0.15, -0.1) is 11.3 Å². The molecule has 0 aliphatic carbocycles. The molecular formula is C19H18N4O4S. The molecule has 0 amide bonds. The van der Waals surface area contributed by atoms with E-state index in [0.29, 0.717) is 34.5 Å². The summed E-state index contributed by atoms with van der Waals surface area (Å²) in [4.78, 5) is 14.9. The van der Waals surface area contributed by atoms with Gasteiger partial charge in [-0.2, -0.15) is 5.10 Å². The first-order valence-electron chi connectivity index (χ1n) is 8.41. The molecule has 144 valence electrons. The summed E-state index contributed by atoms with van der Waals surface area (Å²) in [5.74, 6) is 1.25. The average molecular weight is 398 g/mol. The number of nitro benzene ring substituents is 1. The molecule has 0 fully saturated rings. The first-order chi connectivity index (χ1) is 13.6. The number of thiazole rings is 1. The van der Waals surface area contributed by atoms with Gasteiger partial charge in [0.25, 0.3) is 5.69 Å². The number of anilines is 1. The van der Waals surface area contributed by atoms with Gasteiger partial charge in [0.2, 0.25) is 5.13 Å². The molecule has 3 aromatic rings. The Balaban J connectivity index is 1.75. The number of benzene rings is 2. The van der Waals surface area contributed by atoms with Crippen molar-refractivity contribution >= 4 is 28.4 Å². The largest absolute Gasteiger partial charge is 0.493 e. The van der Waals surface area contributed by atoms with E-state index >= 15 is 0 Å². The molecule has 0 radical (unpaired) electrons. The Morgan fingerprint density at radius 2 is 2.14 bits per heavy atom. The molecule has 9 heteroatoms. The molecule has 0 bridgehead atoms. The van der Waals surface area contributed by atoms with Gasteiger partial charge >= 0.3 is 0 Å². The smallest absolute Gasteiger partial charge is 0.270 e. The van der Waals surface area contributed by atoms with Gasteiger partial charge in [-0.1, -0.05) is 18.2 Å². The molecule has 0 saturated heterocycles. The fraction of sp³-hybridized carbons (Fsp3) is 0.158. The van der Waals surface area contributed by atoms with Crippen LogP contribution in [-0.4, -0.2) is 29.8 Å². The van der Waals surface area contributed by atoms with Gasteiger partial charge in [-0.3, -0.25) is 15.5 Å². The highest BCUT2D eigenvalue weighted by Crippen LogP contribution is 2.30. The van der Waals surface area contributed by atoms with Crippen LogP contribution in [0.4, 0.5) is 10.8 Å². The summed E-state index contributed by atoms with van der Waals surface area (Å²) in [5.41, 5.74) is 4.99. The number of nitrogens with one attached hydrogen (secondary N) is 1. The van der Waals surface area contributed by atoms with Crippen LogP contribution in [0.1, 0.15) is 12.5 Å². The number of para-hydroxylation sites is 1. The van der Waals surface area contributed by atoms with E-state index in [4.69, 9.17) is 9.47 Å². The number of nitrogens with zero attached hydrogens (tertiary/aromatic N) is 3. The molecule has 0 spiro atoms. The molecule has 0 saturated carbocycles. The Kier molecular flexibility index (Phi) is 6.18. The van der Waals surface area contributed by atoms with Crippen molar-refractivity contribution in [1.29, 1.82) is 0 Å². The van der Waals surface area contributed by atoms with Crippen molar-refractivity contribution in [2.75, 3.05) is 19.1 Å². The SMILES string of the molecule is CCOc1c(/C=N/Nc2nc(-c3cccc([N+](=O)[O-])c3)cs2)cccc1OC.